The van der Waals surface area contributed by atoms with Crippen LogP contribution in [0.25, 0.3) is 0 Å². The van der Waals surface area contributed by atoms with Gasteiger partial charge in [-0.25, -0.2) is 0 Å². The van der Waals surface area contributed by atoms with Crippen LogP contribution in [-0.2, 0) is 14.3 Å². The monoisotopic (exact) mass is 920 g/mol. The summed E-state index contributed by atoms with van der Waals surface area (Å²) in [7, 11) is 0. The summed E-state index contributed by atoms with van der Waals surface area (Å²) in [5.74, 6) is -0.196. The van der Waals surface area contributed by atoms with E-state index in [9.17, 15) is 30.3 Å². The molecule has 374 valence electrons. The predicted octanol–water partition coefficient (Wildman–Crippen LogP) is 12.0. The van der Waals surface area contributed by atoms with Crippen molar-refractivity contribution in [3.63, 3.8) is 0 Å². The number of rotatable bonds is 41. The molecule has 0 aromatic heterocycles. The van der Waals surface area contributed by atoms with Gasteiger partial charge in [0.2, 0.25) is 5.91 Å². The third-order valence-corrected chi connectivity index (χ3v) is 11.3. The van der Waals surface area contributed by atoms with Gasteiger partial charge in [-0.3, -0.25) is 4.79 Å². The van der Waals surface area contributed by atoms with Crippen LogP contribution in [0.4, 0.5) is 0 Å². The van der Waals surface area contributed by atoms with Gasteiger partial charge in [0.05, 0.1) is 25.4 Å². The highest BCUT2D eigenvalue weighted by Crippen LogP contribution is 2.22. The Kier molecular flexibility index (Phi) is 41.7. The van der Waals surface area contributed by atoms with Crippen LogP contribution in [0.1, 0.15) is 174 Å². The second-order valence-corrected chi connectivity index (χ2v) is 17.2. The molecule has 0 aromatic rings. The molecular formula is C57H93NO8. The minimum absolute atomic E-state index is 0.196. The molecule has 0 aromatic carbocycles. The van der Waals surface area contributed by atoms with Crippen molar-refractivity contribution in [2.75, 3.05) is 13.2 Å². The minimum atomic E-state index is -1.57. The molecule has 1 saturated heterocycles. The van der Waals surface area contributed by atoms with E-state index in [-0.39, 0.29) is 12.5 Å². The molecule has 7 unspecified atom stereocenters. The van der Waals surface area contributed by atoms with Crippen molar-refractivity contribution in [2.45, 2.75) is 217 Å². The lowest BCUT2D eigenvalue weighted by Crippen LogP contribution is -2.60. The van der Waals surface area contributed by atoms with Crippen molar-refractivity contribution in [1.29, 1.82) is 0 Å². The fourth-order valence-electron chi connectivity index (χ4n) is 7.19. The molecule has 66 heavy (non-hydrogen) atoms. The van der Waals surface area contributed by atoms with Crippen molar-refractivity contribution in [3.05, 3.63) is 122 Å². The number of nitrogens with one attached hydrogen (secondary N) is 1. The van der Waals surface area contributed by atoms with E-state index < -0.39 is 49.5 Å². The SMILES string of the molecule is CC/C=C\C/C=C\C/C=C\C/C=C\C/C=C\C/C=C\C/C=C\C/C=C\C/C=C\CCCCCCCCCCCCCC(=O)NC(COC1OC(CO)C(O)C(O)C1O)C(O)/C=C/CCCC. The lowest BCUT2D eigenvalue weighted by molar-refractivity contribution is -0.302. The fourth-order valence-corrected chi connectivity index (χ4v) is 7.19. The summed E-state index contributed by atoms with van der Waals surface area (Å²) in [5, 5.41) is 53.6. The molecule has 9 heteroatoms. The average Bonchev–Trinajstić information content (AvgIpc) is 3.32. The van der Waals surface area contributed by atoms with Gasteiger partial charge in [-0.1, -0.05) is 206 Å². The van der Waals surface area contributed by atoms with Crippen molar-refractivity contribution in [3.8, 4) is 0 Å². The average molecular weight is 920 g/mol. The number of aliphatic hydroxyl groups excluding tert-OH is 5. The highest BCUT2D eigenvalue weighted by atomic mass is 16.7. The van der Waals surface area contributed by atoms with E-state index in [1.54, 1.807) is 6.08 Å². The Balaban J connectivity index is 2.03. The van der Waals surface area contributed by atoms with Crippen LogP contribution in [-0.4, -0.2) is 87.5 Å². The maximum Gasteiger partial charge on any atom is 0.220 e. The highest BCUT2D eigenvalue weighted by molar-refractivity contribution is 5.76. The van der Waals surface area contributed by atoms with E-state index in [0.29, 0.717) is 6.42 Å². The predicted molar refractivity (Wildman–Crippen MR) is 276 cm³/mol. The maximum absolute atomic E-state index is 12.8. The normalized spacial score (nSPS) is 20.9. The van der Waals surface area contributed by atoms with Crippen LogP contribution in [0.2, 0.25) is 0 Å². The van der Waals surface area contributed by atoms with E-state index in [1.807, 2.05) is 6.08 Å². The Labute approximate surface area is 401 Å². The molecule has 7 atom stereocenters. The topological polar surface area (TPSA) is 149 Å². The number of aliphatic hydroxyl groups is 5. The zero-order valence-electron chi connectivity index (χ0n) is 41.1. The smallest absolute Gasteiger partial charge is 0.220 e. The number of hydrogen-bond donors (Lipinski definition) is 6. The molecular weight excluding hydrogens is 827 g/mol. The largest absolute Gasteiger partial charge is 0.394 e. The van der Waals surface area contributed by atoms with Crippen LogP contribution in [0.3, 0.4) is 0 Å². The summed E-state index contributed by atoms with van der Waals surface area (Å²) in [5.41, 5.74) is 0. The first-order valence-corrected chi connectivity index (χ1v) is 25.8. The zero-order valence-corrected chi connectivity index (χ0v) is 41.1. The summed E-state index contributed by atoms with van der Waals surface area (Å²) in [6.45, 7) is 3.48. The number of amides is 1. The van der Waals surface area contributed by atoms with Gasteiger partial charge in [0.1, 0.15) is 24.4 Å². The lowest BCUT2D eigenvalue weighted by atomic mass is 9.99. The van der Waals surface area contributed by atoms with E-state index in [4.69, 9.17) is 9.47 Å². The Morgan fingerprint density at radius 2 is 0.939 bits per heavy atom. The Morgan fingerprint density at radius 3 is 1.38 bits per heavy atom. The summed E-state index contributed by atoms with van der Waals surface area (Å²) in [4.78, 5) is 12.8. The van der Waals surface area contributed by atoms with Gasteiger partial charge in [-0.15, -0.1) is 0 Å². The molecule has 0 saturated carbocycles. The molecule has 1 fully saturated rings. The van der Waals surface area contributed by atoms with Gasteiger partial charge in [0, 0.05) is 6.42 Å². The molecule has 0 aliphatic carbocycles. The van der Waals surface area contributed by atoms with Gasteiger partial charge >= 0.3 is 0 Å². The lowest BCUT2D eigenvalue weighted by Gasteiger charge is -2.40. The summed E-state index contributed by atoms with van der Waals surface area (Å²) in [6, 6.07) is -0.809. The number of ether oxygens (including phenoxy) is 2. The van der Waals surface area contributed by atoms with E-state index in [1.165, 1.54) is 44.9 Å². The van der Waals surface area contributed by atoms with Crippen LogP contribution < -0.4 is 5.32 Å². The molecule has 1 heterocycles. The summed E-state index contributed by atoms with van der Waals surface area (Å²) in [6.07, 6.45) is 62.0. The Morgan fingerprint density at radius 1 is 0.530 bits per heavy atom. The Hall–Kier alpha value is -3.41. The van der Waals surface area contributed by atoms with Gasteiger partial charge in [-0.05, 0) is 83.5 Å². The van der Waals surface area contributed by atoms with E-state index in [0.717, 1.165) is 109 Å². The number of hydrogen-bond acceptors (Lipinski definition) is 8. The van der Waals surface area contributed by atoms with Crippen LogP contribution in [0.5, 0.6) is 0 Å². The summed E-state index contributed by atoms with van der Waals surface area (Å²) >= 11 is 0. The number of unbranched alkanes of at least 4 members (excludes halogenated alkanes) is 13. The van der Waals surface area contributed by atoms with Gasteiger partial charge in [0.15, 0.2) is 6.29 Å². The maximum atomic E-state index is 12.8. The second-order valence-electron chi connectivity index (χ2n) is 17.2. The molecule has 1 aliphatic heterocycles. The molecule has 6 N–H and O–H groups in total. The number of allylic oxidation sites excluding steroid dienone is 19. The third-order valence-electron chi connectivity index (χ3n) is 11.3. The fraction of sp³-hybridized carbons (Fsp3) is 0.632. The number of carbonyl (C=O) groups is 1. The molecule has 1 amide bonds. The van der Waals surface area contributed by atoms with Crippen molar-refractivity contribution in [2.24, 2.45) is 0 Å². The Bertz CT molecular complexity index is 1440. The van der Waals surface area contributed by atoms with Crippen molar-refractivity contribution < 1.29 is 39.8 Å². The highest BCUT2D eigenvalue weighted by Gasteiger charge is 2.44. The first-order valence-electron chi connectivity index (χ1n) is 25.8. The van der Waals surface area contributed by atoms with Crippen molar-refractivity contribution in [1.82, 2.24) is 5.32 Å². The van der Waals surface area contributed by atoms with E-state index in [2.05, 4.69) is 129 Å². The van der Waals surface area contributed by atoms with Gasteiger partial charge in [0.25, 0.3) is 0 Å². The molecule has 1 aliphatic rings. The standard InChI is InChI=1S/C57H93NO8/c1-3-5-7-9-10-11-12-13-14-15-16-17-18-19-20-21-22-23-24-25-26-27-28-29-30-31-32-33-34-35-36-37-38-39-40-41-42-43-45-47-53(61)58-50(51(60)46-44-8-6-4-2)49-65-57-56(64)55(63)54(62)52(48-59)66-57/h5,7,10-11,13-14,16-17,19-20,22-23,25-26,28-29,31-32,44,46,50-52,54-57,59-60,62-64H,3-4,6,8-9,12,15,18,21,24,27,30,33-43,45,47-49H2,1-2H3,(H,58,61)/b7-5-,11-10-,14-13-,17-16-,20-19-,23-22-,26-25-,29-28-,32-31-,46-44+. The molecule has 0 bridgehead atoms. The zero-order chi connectivity index (χ0) is 48.0. The van der Waals surface area contributed by atoms with Crippen LogP contribution in [0.15, 0.2) is 122 Å². The minimum Gasteiger partial charge on any atom is -0.394 e. The van der Waals surface area contributed by atoms with Gasteiger partial charge < -0.3 is 40.3 Å². The van der Waals surface area contributed by atoms with Gasteiger partial charge in [-0.2, -0.15) is 0 Å². The molecule has 0 radical (unpaired) electrons. The number of carbonyl (C=O) groups excluding carboxylic acids is 1. The second kappa shape index (κ2) is 45.4. The first kappa shape index (κ1) is 60.6. The molecule has 1 rings (SSSR count). The van der Waals surface area contributed by atoms with Crippen LogP contribution in [0, 0.1) is 0 Å². The molecule has 0 spiro atoms. The van der Waals surface area contributed by atoms with Crippen LogP contribution >= 0.6 is 0 Å². The summed E-state index contributed by atoms with van der Waals surface area (Å²) < 4.78 is 11.1. The van der Waals surface area contributed by atoms with Crippen molar-refractivity contribution >= 4 is 5.91 Å². The first-order chi connectivity index (χ1) is 32.3. The quantitative estimate of drug-likeness (QED) is 0.0262. The molecule has 9 nitrogen and oxygen atoms in total. The third kappa shape index (κ3) is 34.8. The van der Waals surface area contributed by atoms with E-state index >= 15 is 0 Å².